The molecule has 8 heteroatoms. The smallest absolute Gasteiger partial charge is 0.408 e. The molecule has 2 amide bonds. The monoisotopic (exact) mass is 406 g/mol. The van der Waals surface area contributed by atoms with E-state index in [4.69, 9.17) is 4.74 Å². The van der Waals surface area contributed by atoms with Crippen LogP contribution < -0.4 is 10.6 Å². The van der Waals surface area contributed by atoms with Gasteiger partial charge >= 0.3 is 6.09 Å². The lowest BCUT2D eigenvalue weighted by molar-refractivity contribution is -0.117. The molecule has 0 aromatic carbocycles. The van der Waals surface area contributed by atoms with Crippen molar-refractivity contribution in [1.29, 1.82) is 0 Å². The summed E-state index contributed by atoms with van der Waals surface area (Å²) in [6.45, 7) is 6.97. The number of alkyl carbamates (subject to hydrolysis) is 1. The first-order valence-corrected chi connectivity index (χ1v) is 11.1. The summed E-state index contributed by atoms with van der Waals surface area (Å²) >= 11 is 1.50. The Kier molecular flexibility index (Phi) is 4.88. The predicted octanol–water partition coefficient (Wildman–Crippen LogP) is 3.86. The molecule has 1 atom stereocenters. The van der Waals surface area contributed by atoms with Crippen molar-refractivity contribution < 1.29 is 14.3 Å². The zero-order valence-corrected chi connectivity index (χ0v) is 17.9. The highest BCUT2D eigenvalue weighted by molar-refractivity contribution is 7.15. The van der Waals surface area contributed by atoms with Crippen LogP contribution in [-0.2, 0) is 14.9 Å². The van der Waals surface area contributed by atoms with Crippen molar-refractivity contribution in [1.82, 2.24) is 15.5 Å². The Morgan fingerprint density at radius 1 is 1.11 bits per heavy atom. The maximum atomic E-state index is 12.4. The Morgan fingerprint density at radius 3 is 2.21 bits per heavy atom. The van der Waals surface area contributed by atoms with E-state index in [1.54, 1.807) is 27.7 Å². The zero-order chi connectivity index (χ0) is 20.1. The topological polar surface area (TPSA) is 93.2 Å². The second-order valence-corrected chi connectivity index (χ2v) is 10.9. The number of hydrogen-bond acceptors (Lipinski definition) is 6. The van der Waals surface area contributed by atoms with E-state index in [0.29, 0.717) is 5.13 Å². The zero-order valence-electron chi connectivity index (χ0n) is 17.1. The van der Waals surface area contributed by atoms with Crippen molar-refractivity contribution in [2.24, 2.45) is 17.8 Å². The molecule has 1 heterocycles. The molecule has 154 valence electrons. The fraction of sp³-hybridized carbons (Fsp3) is 0.800. The number of nitrogens with zero attached hydrogens (tertiary/aromatic N) is 2. The molecule has 5 rings (SSSR count). The lowest BCUT2D eigenvalue weighted by atomic mass is 9.50. The number of hydrogen-bond donors (Lipinski definition) is 2. The maximum Gasteiger partial charge on any atom is 0.408 e. The third-order valence-corrected chi connectivity index (χ3v) is 7.36. The fourth-order valence-electron chi connectivity index (χ4n) is 5.62. The summed E-state index contributed by atoms with van der Waals surface area (Å²) in [5.41, 5.74) is -0.429. The van der Waals surface area contributed by atoms with Crippen LogP contribution in [0.25, 0.3) is 0 Å². The second-order valence-electron chi connectivity index (χ2n) is 9.97. The Bertz CT molecular complexity index is 734. The molecule has 7 nitrogen and oxygen atoms in total. The molecule has 2 N–H and O–H groups in total. The number of ether oxygens (including phenoxy) is 1. The van der Waals surface area contributed by atoms with Gasteiger partial charge in [-0.3, -0.25) is 10.1 Å². The Hall–Kier alpha value is -1.70. The van der Waals surface area contributed by atoms with Crippen LogP contribution in [0.15, 0.2) is 0 Å². The normalized spacial score (nSPS) is 32.1. The number of nitrogens with one attached hydrogen (secondary N) is 2. The Balaban J connectivity index is 1.37. The molecule has 0 saturated heterocycles. The summed E-state index contributed by atoms with van der Waals surface area (Å²) in [5, 5.41) is 15.6. The van der Waals surface area contributed by atoms with Crippen molar-refractivity contribution in [2.45, 2.75) is 83.3 Å². The van der Waals surface area contributed by atoms with Gasteiger partial charge in [-0.1, -0.05) is 11.3 Å². The van der Waals surface area contributed by atoms with E-state index < -0.39 is 17.7 Å². The first-order chi connectivity index (χ1) is 13.1. The molecule has 1 unspecified atom stereocenters. The van der Waals surface area contributed by atoms with E-state index in [0.717, 1.165) is 22.8 Å². The number of carbonyl (C=O) groups is 2. The maximum absolute atomic E-state index is 12.4. The van der Waals surface area contributed by atoms with Gasteiger partial charge in [-0.05, 0) is 84.0 Å². The van der Waals surface area contributed by atoms with Crippen LogP contribution in [0.1, 0.15) is 71.2 Å². The molecular formula is C20H30N4O3S. The number of anilines is 1. The summed E-state index contributed by atoms with van der Waals surface area (Å²) in [5.74, 6) is 2.20. The lowest BCUT2D eigenvalue weighted by Crippen LogP contribution is -2.48. The quantitative estimate of drug-likeness (QED) is 0.792. The highest BCUT2D eigenvalue weighted by Crippen LogP contribution is 2.61. The van der Waals surface area contributed by atoms with Gasteiger partial charge < -0.3 is 10.1 Å². The van der Waals surface area contributed by atoms with Gasteiger partial charge in [0, 0.05) is 5.41 Å². The average molecular weight is 407 g/mol. The van der Waals surface area contributed by atoms with Gasteiger partial charge in [0.05, 0.1) is 0 Å². The molecule has 4 aliphatic carbocycles. The van der Waals surface area contributed by atoms with Crippen molar-refractivity contribution in [3.63, 3.8) is 0 Å². The molecule has 0 radical (unpaired) electrons. The molecule has 0 aliphatic heterocycles. The van der Waals surface area contributed by atoms with Crippen LogP contribution in [-0.4, -0.2) is 33.8 Å². The lowest BCUT2D eigenvalue weighted by Gasteiger charge is -2.55. The number of amides is 2. The minimum absolute atomic E-state index is 0.176. The van der Waals surface area contributed by atoms with Gasteiger partial charge in [0.25, 0.3) is 0 Å². The summed E-state index contributed by atoms with van der Waals surface area (Å²) < 4.78 is 5.20. The summed E-state index contributed by atoms with van der Waals surface area (Å²) in [4.78, 5) is 24.3. The minimum atomic E-state index is -0.721. The van der Waals surface area contributed by atoms with Gasteiger partial charge in [0.1, 0.15) is 16.7 Å². The first-order valence-electron chi connectivity index (χ1n) is 10.3. The third-order valence-electron chi connectivity index (χ3n) is 6.27. The molecule has 0 spiro atoms. The van der Waals surface area contributed by atoms with E-state index in [1.165, 1.54) is 49.9 Å². The van der Waals surface area contributed by atoms with E-state index >= 15 is 0 Å². The van der Waals surface area contributed by atoms with Gasteiger partial charge in [0.15, 0.2) is 0 Å². The molecule has 4 bridgehead atoms. The molecular weight excluding hydrogens is 376 g/mol. The third kappa shape index (κ3) is 4.02. The van der Waals surface area contributed by atoms with E-state index in [9.17, 15) is 9.59 Å². The van der Waals surface area contributed by atoms with Crippen LogP contribution in [0.2, 0.25) is 0 Å². The minimum Gasteiger partial charge on any atom is -0.444 e. The van der Waals surface area contributed by atoms with Gasteiger partial charge in [-0.15, -0.1) is 10.2 Å². The van der Waals surface area contributed by atoms with Gasteiger partial charge in [0.2, 0.25) is 11.0 Å². The van der Waals surface area contributed by atoms with Crippen LogP contribution in [0, 0.1) is 17.8 Å². The number of aromatic nitrogens is 2. The molecule has 28 heavy (non-hydrogen) atoms. The van der Waals surface area contributed by atoms with Crippen molar-refractivity contribution in [2.75, 3.05) is 5.32 Å². The van der Waals surface area contributed by atoms with Crippen molar-refractivity contribution in [3.05, 3.63) is 5.01 Å². The van der Waals surface area contributed by atoms with Gasteiger partial charge in [-0.25, -0.2) is 4.79 Å². The summed E-state index contributed by atoms with van der Waals surface area (Å²) in [6.07, 6.45) is 7.20. The molecule has 4 aliphatic rings. The standard InChI is InChI=1S/C20H30N4O3S/c1-11(21-18(26)27-19(2,3)4)15(25)22-17-24-23-16(28-17)20-8-12-5-13(9-20)7-14(6-12)10-20/h11-14H,5-10H2,1-4H3,(H,21,26)(H,22,24,25). The van der Waals surface area contributed by atoms with Crippen molar-refractivity contribution in [3.8, 4) is 0 Å². The SMILES string of the molecule is CC(NC(=O)OC(C)(C)C)C(=O)Nc1nnc(C23CC4CC(CC(C4)C2)C3)s1. The van der Waals surface area contributed by atoms with Crippen LogP contribution in [0.5, 0.6) is 0 Å². The molecule has 1 aromatic heterocycles. The van der Waals surface area contributed by atoms with Crippen LogP contribution in [0.3, 0.4) is 0 Å². The van der Waals surface area contributed by atoms with E-state index in [1.807, 2.05) is 0 Å². The fourth-order valence-corrected chi connectivity index (χ4v) is 6.59. The molecule has 1 aromatic rings. The van der Waals surface area contributed by atoms with Crippen LogP contribution in [0.4, 0.5) is 9.93 Å². The Labute approximate surface area is 170 Å². The predicted molar refractivity (Wildman–Crippen MR) is 107 cm³/mol. The summed E-state index contributed by atoms with van der Waals surface area (Å²) in [7, 11) is 0. The largest absolute Gasteiger partial charge is 0.444 e. The van der Waals surface area contributed by atoms with E-state index in [-0.39, 0.29) is 11.3 Å². The summed E-state index contributed by atoms with van der Waals surface area (Å²) in [6, 6.07) is -0.721. The Morgan fingerprint density at radius 2 is 1.68 bits per heavy atom. The highest BCUT2D eigenvalue weighted by Gasteiger charge is 2.53. The highest BCUT2D eigenvalue weighted by atomic mass is 32.1. The number of carbonyl (C=O) groups excluding carboxylic acids is 2. The average Bonchev–Trinajstić information content (AvgIpc) is 3.01. The second kappa shape index (κ2) is 6.97. The molecule has 4 fully saturated rings. The van der Waals surface area contributed by atoms with Crippen molar-refractivity contribution >= 4 is 28.5 Å². The van der Waals surface area contributed by atoms with E-state index in [2.05, 4.69) is 20.8 Å². The van der Waals surface area contributed by atoms with Gasteiger partial charge in [-0.2, -0.15) is 0 Å². The van der Waals surface area contributed by atoms with Crippen LogP contribution >= 0.6 is 11.3 Å². The number of rotatable bonds is 4. The molecule has 4 saturated carbocycles. The first kappa shape index (κ1) is 19.6.